The summed E-state index contributed by atoms with van der Waals surface area (Å²) in [5.41, 5.74) is 0.862. The van der Waals surface area contributed by atoms with Crippen LogP contribution in [0.3, 0.4) is 0 Å². The summed E-state index contributed by atoms with van der Waals surface area (Å²) < 4.78 is 10.9. The highest BCUT2D eigenvalue weighted by atomic mass is 16.6. The van der Waals surface area contributed by atoms with E-state index < -0.39 is 0 Å². The minimum atomic E-state index is -0.186. The normalized spacial score (nSPS) is 32.4. The molecule has 1 aromatic carbocycles. The molecule has 0 spiro atoms. The number of benzene rings is 1. The zero-order valence-corrected chi connectivity index (χ0v) is 8.40. The second-order valence-corrected chi connectivity index (χ2v) is 3.94. The highest BCUT2D eigenvalue weighted by Crippen LogP contribution is 2.42. The van der Waals surface area contributed by atoms with Crippen molar-refractivity contribution in [1.29, 1.82) is 0 Å². The number of rotatable bonds is 0. The molecule has 0 aromatic heterocycles. The molecule has 2 fully saturated rings. The van der Waals surface area contributed by atoms with Crippen LogP contribution in [0.5, 0.6) is 0 Å². The quantitative estimate of drug-likeness (QED) is 0.468. The van der Waals surface area contributed by atoms with Crippen LogP contribution >= 0.6 is 0 Å². The minimum Gasteiger partial charge on any atom is -0.378 e. The van der Waals surface area contributed by atoms with Crippen LogP contribution in [0.15, 0.2) is 30.3 Å². The van der Waals surface area contributed by atoms with E-state index in [0.717, 1.165) is 18.6 Å². The van der Waals surface area contributed by atoms with Crippen LogP contribution in [-0.4, -0.2) is 24.9 Å². The van der Waals surface area contributed by atoms with E-state index in [9.17, 15) is 0 Å². The maximum Gasteiger partial charge on any atom is 0.160 e. The molecule has 0 saturated carbocycles. The predicted molar refractivity (Wildman–Crippen MR) is 56.4 cm³/mol. The molecule has 2 saturated heterocycles. The van der Waals surface area contributed by atoms with Gasteiger partial charge in [-0.3, -0.25) is 0 Å². The lowest BCUT2D eigenvalue weighted by Crippen LogP contribution is -2.24. The summed E-state index contributed by atoms with van der Waals surface area (Å²) in [6.45, 7) is 1.46. The van der Waals surface area contributed by atoms with Crippen molar-refractivity contribution in [3.63, 3.8) is 0 Å². The molecular formula is C13H12O2. The first-order valence-electron chi connectivity index (χ1n) is 5.23. The van der Waals surface area contributed by atoms with Gasteiger partial charge in [0, 0.05) is 12.0 Å². The van der Waals surface area contributed by atoms with Gasteiger partial charge in [0.05, 0.1) is 13.2 Å². The second kappa shape index (κ2) is 3.37. The summed E-state index contributed by atoms with van der Waals surface area (Å²) >= 11 is 0. The van der Waals surface area contributed by atoms with Gasteiger partial charge >= 0.3 is 0 Å². The lowest BCUT2D eigenvalue weighted by molar-refractivity contribution is 0.105. The van der Waals surface area contributed by atoms with E-state index in [4.69, 9.17) is 9.47 Å². The summed E-state index contributed by atoms with van der Waals surface area (Å²) in [6.07, 6.45) is 1.11. The fourth-order valence-electron chi connectivity index (χ4n) is 1.89. The fourth-order valence-corrected chi connectivity index (χ4v) is 1.89. The number of ether oxygens (including phenoxy) is 2. The van der Waals surface area contributed by atoms with Gasteiger partial charge in [0.1, 0.15) is 6.10 Å². The first-order chi connectivity index (χ1) is 7.39. The van der Waals surface area contributed by atoms with E-state index >= 15 is 0 Å². The van der Waals surface area contributed by atoms with Crippen molar-refractivity contribution in [3.8, 4) is 11.8 Å². The zero-order valence-electron chi connectivity index (χ0n) is 8.40. The van der Waals surface area contributed by atoms with Crippen molar-refractivity contribution in [3.05, 3.63) is 35.9 Å². The lowest BCUT2D eigenvalue weighted by Gasteiger charge is -2.11. The van der Waals surface area contributed by atoms with E-state index in [1.165, 1.54) is 0 Å². The lowest BCUT2D eigenvalue weighted by atomic mass is 10.0. The van der Waals surface area contributed by atoms with Crippen LogP contribution in [0.1, 0.15) is 12.0 Å². The van der Waals surface area contributed by atoms with Crippen LogP contribution in [0.2, 0.25) is 0 Å². The molecule has 2 aliphatic rings. The van der Waals surface area contributed by atoms with Gasteiger partial charge in [-0.05, 0) is 12.1 Å². The van der Waals surface area contributed by atoms with Crippen molar-refractivity contribution in [2.75, 3.05) is 13.2 Å². The third-order valence-electron chi connectivity index (χ3n) is 2.89. The summed E-state index contributed by atoms with van der Waals surface area (Å²) in [6, 6.07) is 10.0. The van der Waals surface area contributed by atoms with E-state index in [1.54, 1.807) is 0 Å². The predicted octanol–water partition coefficient (Wildman–Crippen LogP) is 1.60. The average Bonchev–Trinajstić information content (AvgIpc) is 3.03. The number of fused-ring (bicyclic) bond motifs is 1. The molecule has 76 valence electrons. The first-order valence-corrected chi connectivity index (χ1v) is 5.23. The molecular weight excluding hydrogens is 188 g/mol. The molecule has 0 amide bonds. The van der Waals surface area contributed by atoms with E-state index in [1.807, 2.05) is 30.3 Å². The number of hydrogen-bond donors (Lipinski definition) is 0. The van der Waals surface area contributed by atoms with Crippen molar-refractivity contribution in [2.45, 2.75) is 18.1 Å². The molecule has 0 bridgehead atoms. The molecule has 2 atom stereocenters. The summed E-state index contributed by atoms with van der Waals surface area (Å²) in [5.74, 6) is 6.40. The van der Waals surface area contributed by atoms with Crippen molar-refractivity contribution < 1.29 is 9.47 Å². The molecule has 2 aliphatic heterocycles. The van der Waals surface area contributed by atoms with Gasteiger partial charge in [-0.15, -0.1) is 0 Å². The van der Waals surface area contributed by atoms with Crippen LogP contribution in [0, 0.1) is 11.8 Å². The molecule has 0 radical (unpaired) electrons. The largest absolute Gasteiger partial charge is 0.378 e. The van der Waals surface area contributed by atoms with Crippen molar-refractivity contribution >= 4 is 0 Å². The Kier molecular flexibility index (Phi) is 2.02. The standard InChI is InChI=1S/C13H12O2/c1-2-4-11(5-3-1)6-7-13-8-9-14-10-12(13)15-13/h1-5,12H,8-10H2/t12-,13-/m1/s1. The van der Waals surface area contributed by atoms with E-state index in [-0.39, 0.29) is 11.7 Å². The molecule has 0 unspecified atom stereocenters. The molecule has 3 rings (SSSR count). The third kappa shape index (κ3) is 1.65. The topological polar surface area (TPSA) is 21.8 Å². The maximum absolute atomic E-state index is 5.59. The maximum atomic E-state index is 5.59. The van der Waals surface area contributed by atoms with Gasteiger partial charge in [0.2, 0.25) is 0 Å². The Hall–Kier alpha value is -1.30. The molecule has 15 heavy (non-hydrogen) atoms. The van der Waals surface area contributed by atoms with Gasteiger partial charge in [-0.25, -0.2) is 0 Å². The van der Waals surface area contributed by atoms with Crippen LogP contribution in [-0.2, 0) is 9.47 Å². The van der Waals surface area contributed by atoms with Crippen molar-refractivity contribution in [1.82, 2.24) is 0 Å². The Morgan fingerprint density at radius 2 is 2.13 bits per heavy atom. The highest BCUT2D eigenvalue weighted by molar-refractivity contribution is 5.39. The Morgan fingerprint density at radius 1 is 1.27 bits per heavy atom. The van der Waals surface area contributed by atoms with Gasteiger partial charge in [0.15, 0.2) is 5.60 Å². The highest BCUT2D eigenvalue weighted by Gasteiger charge is 2.57. The Bertz CT molecular complexity index is 415. The van der Waals surface area contributed by atoms with Gasteiger partial charge in [-0.2, -0.15) is 0 Å². The van der Waals surface area contributed by atoms with Crippen LogP contribution in [0.25, 0.3) is 0 Å². The van der Waals surface area contributed by atoms with E-state index in [0.29, 0.717) is 6.61 Å². The Morgan fingerprint density at radius 3 is 2.93 bits per heavy atom. The molecule has 0 N–H and O–H groups in total. The molecule has 1 aromatic rings. The SMILES string of the molecule is C(#C[C@@]12CCOC[C@H]1O2)c1ccccc1. The van der Waals surface area contributed by atoms with Gasteiger partial charge < -0.3 is 9.47 Å². The molecule has 2 heteroatoms. The Balaban J connectivity index is 1.79. The van der Waals surface area contributed by atoms with Crippen molar-refractivity contribution in [2.24, 2.45) is 0 Å². The fraction of sp³-hybridized carbons (Fsp3) is 0.385. The monoisotopic (exact) mass is 200 g/mol. The Labute approximate surface area is 89.2 Å². The van der Waals surface area contributed by atoms with Gasteiger partial charge in [0.25, 0.3) is 0 Å². The summed E-state index contributed by atoms with van der Waals surface area (Å²) in [4.78, 5) is 0. The third-order valence-corrected chi connectivity index (χ3v) is 2.89. The minimum absolute atomic E-state index is 0.186. The number of hydrogen-bond acceptors (Lipinski definition) is 2. The average molecular weight is 200 g/mol. The molecule has 2 heterocycles. The van der Waals surface area contributed by atoms with Crippen LogP contribution < -0.4 is 0 Å². The second-order valence-electron chi connectivity index (χ2n) is 3.94. The summed E-state index contributed by atoms with van der Waals surface area (Å²) in [5, 5.41) is 0. The van der Waals surface area contributed by atoms with Gasteiger partial charge in [-0.1, -0.05) is 30.0 Å². The number of epoxide rings is 1. The zero-order chi connectivity index (χ0) is 10.1. The van der Waals surface area contributed by atoms with Crippen LogP contribution in [0.4, 0.5) is 0 Å². The summed E-state index contributed by atoms with van der Waals surface area (Å²) in [7, 11) is 0. The smallest absolute Gasteiger partial charge is 0.160 e. The molecule has 2 nitrogen and oxygen atoms in total. The molecule has 0 aliphatic carbocycles. The first kappa shape index (κ1) is 8.96. The van der Waals surface area contributed by atoms with E-state index in [2.05, 4.69) is 11.8 Å².